The molecule has 2 aromatic rings. The van der Waals surface area contributed by atoms with E-state index in [4.69, 9.17) is 0 Å². The maximum atomic E-state index is 12.7. The summed E-state index contributed by atoms with van der Waals surface area (Å²) in [6.45, 7) is 5.37. The van der Waals surface area contributed by atoms with Gasteiger partial charge in [-0.3, -0.25) is 4.79 Å². The van der Waals surface area contributed by atoms with Gasteiger partial charge in [0.15, 0.2) is 0 Å². The van der Waals surface area contributed by atoms with E-state index < -0.39 is 0 Å². The van der Waals surface area contributed by atoms with Crippen LogP contribution in [-0.4, -0.2) is 11.9 Å². The molecule has 1 amide bonds. The normalized spacial score (nSPS) is 18.3. The topological polar surface area (TPSA) is 32.3 Å². The second-order valence-corrected chi connectivity index (χ2v) is 5.58. The molecule has 21 heavy (non-hydrogen) atoms. The Morgan fingerprint density at radius 1 is 1.14 bits per heavy atom. The van der Waals surface area contributed by atoms with Crippen molar-refractivity contribution < 1.29 is 4.79 Å². The molecule has 0 aliphatic carbocycles. The molecular weight excluding hydrogens is 260 g/mol. The van der Waals surface area contributed by atoms with Crippen molar-refractivity contribution in [3.63, 3.8) is 0 Å². The lowest BCUT2D eigenvalue weighted by atomic mass is 10.1. The summed E-state index contributed by atoms with van der Waals surface area (Å²) in [6.07, 6.45) is 0. The summed E-state index contributed by atoms with van der Waals surface area (Å²) in [4.78, 5) is 14.6. The number of rotatable bonds is 2. The zero-order valence-electron chi connectivity index (χ0n) is 12.5. The molecule has 0 spiro atoms. The zero-order valence-corrected chi connectivity index (χ0v) is 12.5. The molecule has 3 heteroatoms. The van der Waals surface area contributed by atoms with Gasteiger partial charge in [0, 0.05) is 12.2 Å². The van der Waals surface area contributed by atoms with E-state index in [-0.39, 0.29) is 11.9 Å². The van der Waals surface area contributed by atoms with Crippen molar-refractivity contribution in [3.8, 4) is 0 Å². The van der Waals surface area contributed by atoms with Crippen LogP contribution in [0.4, 0.5) is 5.69 Å². The fraction of sp³-hybridized carbons (Fsp3) is 0.278. The van der Waals surface area contributed by atoms with Crippen LogP contribution in [0.5, 0.6) is 0 Å². The second kappa shape index (κ2) is 5.70. The first-order valence-electron chi connectivity index (χ1n) is 7.34. The van der Waals surface area contributed by atoms with Crippen molar-refractivity contribution in [2.45, 2.75) is 33.0 Å². The molecule has 1 unspecified atom stereocenters. The van der Waals surface area contributed by atoms with Gasteiger partial charge in [-0.25, -0.2) is 0 Å². The monoisotopic (exact) mass is 280 g/mol. The highest BCUT2D eigenvalue weighted by Crippen LogP contribution is 2.26. The number of para-hydroxylation sites is 1. The molecule has 0 aromatic heterocycles. The van der Waals surface area contributed by atoms with Gasteiger partial charge < -0.3 is 10.2 Å². The van der Waals surface area contributed by atoms with Gasteiger partial charge >= 0.3 is 0 Å². The number of hydrogen-bond donors (Lipinski definition) is 1. The van der Waals surface area contributed by atoms with Crippen LogP contribution < -0.4 is 10.2 Å². The van der Waals surface area contributed by atoms with Crippen molar-refractivity contribution in [1.82, 2.24) is 5.32 Å². The van der Waals surface area contributed by atoms with Crippen LogP contribution in [-0.2, 0) is 17.9 Å². The average Bonchev–Trinajstić information content (AvgIpc) is 2.62. The Morgan fingerprint density at radius 2 is 1.86 bits per heavy atom. The van der Waals surface area contributed by atoms with Gasteiger partial charge in [0.2, 0.25) is 5.91 Å². The molecule has 1 aliphatic heterocycles. The van der Waals surface area contributed by atoms with Gasteiger partial charge in [0.05, 0.1) is 12.6 Å². The molecule has 1 aliphatic rings. The van der Waals surface area contributed by atoms with Crippen LogP contribution in [0.1, 0.15) is 23.6 Å². The zero-order chi connectivity index (χ0) is 14.8. The summed E-state index contributed by atoms with van der Waals surface area (Å²) < 4.78 is 0. The quantitative estimate of drug-likeness (QED) is 0.917. The molecule has 0 fully saturated rings. The number of fused-ring (bicyclic) bond motifs is 1. The number of nitrogens with zero attached hydrogens (tertiary/aromatic N) is 1. The molecule has 3 nitrogen and oxygen atoms in total. The maximum Gasteiger partial charge on any atom is 0.244 e. The highest BCUT2D eigenvalue weighted by atomic mass is 16.2. The average molecular weight is 280 g/mol. The number of anilines is 1. The molecule has 0 saturated carbocycles. The fourth-order valence-electron chi connectivity index (χ4n) is 2.75. The Kier molecular flexibility index (Phi) is 3.76. The summed E-state index contributed by atoms with van der Waals surface area (Å²) in [6, 6.07) is 16.2. The summed E-state index contributed by atoms with van der Waals surface area (Å²) >= 11 is 0. The second-order valence-electron chi connectivity index (χ2n) is 5.58. The Morgan fingerprint density at radius 3 is 2.67 bits per heavy atom. The van der Waals surface area contributed by atoms with E-state index in [1.165, 1.54) is 16.7 Å². The lowest BCUT2D eigenvalue weighted by molar-refractivity contribution is -0.120. The molecule has 0 radical (unpaired) electrons. The molecule has 0 saturated heterocycles. The molecule has 108 valence electrons. The third-order valence-corrected chi connectivity index (χ3v) is 4.11. The molecule has 2 aromatic carbocycles. The smallest absolute Gasteiger partial charge is 0.244 e. The lowest BCUT2D eigenvalue weighted by Crippen LogP contribution is -2.42. The number of carbonyl (C=O) groups is 1. The van der Waals surface area contributed by atoms with Gasteiger partial charge in [0.25, 0.3) is 0 Å². The van der Waals surface area contributed by atoms with Crippen LogP contribution in [0.2, 0.25) is 0 Å². The number of amides is 1. The molecular formula is C18H20N2O. The van der Waals surface area contributed by atoms with Crippen molar-refractivity contribution in [2.24, 2.45) is 0 Å². The van der Waals surface area contributed by atoms with Crippen molar-refractivity contribution >= 4 is 11.6 Å². The SMILES string of the molecule is Cc1ccccc1CN1C(=O)C(C)NCc2ccccc21. The minimum Gasteiger partial charge on any atom is -0.306 e. The van der Waals surface area contributed by atoms with E-state index in [1.807, 2.05) is 42.2 Å². The Labute approximate surface area is 125 Å². The minimum atomic E-state index is -0.165. The highest BCUT2D eigenvalue weighted by molar-refractivity contribution is 5.98. The first kappa shape index (κ1) is 13.8. The first-order chi connectivity index (χ1) is 10.2. The van der Waals surface area contributed by atoms with E-state index in [0.717, 1.165) is 12.2 Å². The van der Waals surface area contributed by atoms with Crippen LogP contribution >= 0.6 is 0 Å². The summed E-state index contributed by atoms with van der Waals surface area (Å²) in [5, 5.41) is 3.29. The number of carbonyl (C=O) groups excluding carboxylic acids is 1. The van der Waals surface area contributed by atoms with E-state index in [9.17, 15) is 4.79 Å². The van der Waals surface area contributed by atoms with Crippen molar-refractivity contribution in [2.75, 3.05) is 4.90 Å². The summed E-state index contributed by atoms with van der Waals surface area (Å²) in [5.74, 6) is 0.128. The van der Waals surface area contributed by atoms with E-state index in [1.54, 1.807) is 0 Å². The van der Waals surface area contributed by atoms with Crippen LogP contribution in [0, 0.1) is 6.92 Å². The molecule has 1 N–H and O–H groups in total. The van der Waals surface area contributed by atoms with E-state index >= 15 is 0 Å². The summed E-state index contributed by atoms with van der Waals surface area (Å²) in [7, 11) is 0. The van der Waals surface area contributed by atoms with Gasteiger partial charge in [-0.1, -0.05) is 42.5 Å². The molecule has 0 bridgehead atoms. The van der Waals surface area contributed by atoms with Gasteiger partial charge in [-0.2, -0.15) is 0 Å². The van der Waals surface area contributed by atoms with Gasteiger partial charge in [-0.15, -0.1) is 0 Å². The molecule has 1 heterocycles. The number of benzene rings is 2. The van der Waals surface area contributed by atoms with Crippen molar-refractivity contribution in [1.29, 1.82) is 0 Å². The lowest BCUT2D eigenvalue weighted by Gasteiger charge is -2.25. The Balaban J connectivity index is 2.01. The Bertz CT molecular complexity index is 666. The highest BCUT2D eigenvalue weighted by Gasteiger charge is 2.27. The fourth-order valence-corrected chi connectivity index (χ4v) is 2.75. The van der Waals surface area contributed by atoms with Gasteiger partial charge in [-0.05, 0) is 36.6 Å². The maximum absolute atomic E-state index is 12.7. The number of aryl methyl sites for hydroxylation is 1. The molecule has 3 rings (SSSR count). The van der Waals surface area contributed by atoms with Crippen LogP contribution in [0.3, 0.4) is 0 Å². The molecule has 1 atom stereocenters. The number of hydrogen-bond acceptors (Lipinski definition) is 2. The predicted octanol–water partition coefficient (Wildman–Crippen LogP) is 3.02. The summed E-state index contributed by atoms with van der Waals surface area (Å²) in [5.41, 5.74) is 4.59. The Hall–Kier alpha value is -2.13. The largest absolute Gasteiger partial charge is 0.306 e. The predicted molar refractivity (Wildman–Crippen MR) is 85.1 cm³/mol. The third-order valence-electron chi connectivity index (χ3n) is 4.11. The first-order valence-corrected chi connectivity index (χ1v) is 7.34. The van der Waals surface area contributed by atoms with Gasteiger partial charge in [0.1, 0.15) is 0 Å². The minimum absolute atomic E-state index is 0.128. The number of nitrogens with one attached hydrogen (secondary N) is 1. The van der Waals surface area contributed by atoms with Crippen LogP contribution in [0.15, 0.2) is 48.5 Å². The van der Waals surface area contributed by atoms with E-state index in [0.29, 0.717) is 6.54 Å². The van der Waals surface area contributed by atoms with E-state index in [2.05, 4.69) is 30.4 Å². The standard InChI is InChI=1S/C18H20N2O/c1-13-7-3-4-9-16(13)12-20-17-10-6-5-8-15(17)11-19-14(2)18(20)21/h3-10,14,19H,11-12H2,1-2H3. The van der Waals surface area contributed by atoms with Crippen LogP contribution in [0.25, 0.3) is 0 Å². The van der Waals surface area contributed by atoms with Crippen molar-refractivity contribution in [3.05, 3.63) is 65.2 Å². The third kappa shape index (κ3) is 2.69.